The third-order valence-corrected chi connectivity index (χ3v) is 2.61. The number of benzene rings is 1. The Labute approximate surface area is 87.7 Å². The zero-order chi connectivity index (χ0) is 10.1. The maximum atomic E-state index is 4.30. The molecular weight excluding hydrogens is 184 g/mol. The van der Waals surface area contributed by atoms with Crippen LogP contribution in [0.3, 0.4) is 0 Å². The highest BCUT2D eigenvalue weighted by molar-refractivity contribution is 5.92. The van der Waals surface area contributed by atoms with Crippen LogP contribution in [0.15, 0.2) is 34.4 Å². The normalized spacial score (nSPS) is 20.4. The van der Waals surface area contributed by atoms with E-state index in [-0.39, 0.29) is 0 Å². The standard InChI is InChI=1S/C13H10N2/c1-2-11-10(5-8-14-7-1)3-4-13-12(11)6-9-15-13/h1-6,8-9H,7H2/b2-1-,10-5-,14-8?. The minimum Gasteiger partial charge on any atom is -0.289 e. The van der Waals surface area contributed by atoms with Gasteiger partial charge in [-0.15, -0.1) is 0 Å². The molecule has 2 heterocycles. The molecule has 2 aliphatic heterocycles. The minimum atomic E-state index is 0.750. The van der Waals surface area contributed by atoms with Crippen molar-refractivity contribution in [3.8, 4) is 0 Å². The van der Waals surface area contributed by atoms with Crippen molar-refractivity contribution < 1.29 is 0 Å². The highest BCUT2D eigenvalue weighted by atomic mass is 14.7. The Morgan fingerprint density at radius 3 is 3.07 bits per heavy atom. The molecule has 72 valence electrons. The van der Waals surface area contributed by atoms with Gasteiger partial charge in [0.25, 0.3) is 0 Å². The Bertz CT molecular complexity index is 604. The quantitative estimate of drug-likeness (QED) is 0.592. The van der Waals surface area contributed by atoms with Crippen LogP contribution in [-0.4, -0.2) is 12.8 Å². The summed E-state index contributed by atoms with van der Waals surface area (Å²) in [7, 11) is 0. The molecule has 1 aromatic rings. The van der Waals surface area contributed by atoms with Crippen LogP contribution in [0.1, 0.15) is 11.1 Å². The molecule has 0 unspecified atom stereocenters. The topological polar surface area (TPSA) is 24.7 Å². The molecule has 2 aliphatic rings. The number of fused-ring (bicyclic) bond motifs is 3. The van der Waals surface area contributed by atoms with Crippen molar-refractivity contribution in [1.82, 2.24) is 0 Å². The molecule has 0 radical (unpaired) electrons. The zero-order valence-corrected chi connectivity index (χ0v) is 8.22. The van der Waals surface area contributed by atoms with E-state index < -0.39 is 0 Å². The first-order valence-electron chi connectivity index (χ1n) is 4.99. The molecule has 0 aromatic heterocycles. The highest BCUT2D eigenvalue weighted by Gasteiger charge is 2.04. The molecule has 2 nitrogen and oxygen atoms in total. The molecule has 0 spiro atoms. The van der Waals surface area contributed by atoms with Crippen LogP contribution >= 0.6 is 0 Å². The predicted octanol–water partition coefficient (Wildman–Crippen LogP) is 1.17. The fourth-order valence-corrected chi connectivity index (χ4v) is 1.88. The first-order valence-corrected chi connectivity index (χ1v) is 4.99. The van der Waals surface area contributed by atoms with Gasteiger partial charge in [0.05, 0.1) is 11.9 Å². The maximum absolute atomic E-state index is 4.30. The molecule has 15 heavy (non-hydrogen) atoms. The summed E-state index contributed by atoms with van der Waals surface area (Å²) in [6, 6.07) is 4.14. The van der Waals surface area contributed by atoms with Crippen LogP contribution in [0.25, 0.3) is 18.2 Å². The fraction of sp³-hybridized carbons (Fsp3) is 0.0769. The van der Waals surface area contributed by atoms with Gasteiger partial charge in [0.1, 0.15) is 0 Å². The Balaban J connectivity index is 2.41. The summed E-state index contributed by atoms with van der Waals surface area (Å²) < 4.78 is 0. The van der Waals surface area contributed by atoms with Crippen molar-refractivity contribution >= 4 is 24.4 Å². The third-order valence-electron chi connectivity index (χ3n) is 2.61. The average molecular weight is 194 g/mol. The van der Waals surface area contributed by atoms with Crippen LogP contribution < -0.4 is 10.6 Å². The lowest BCUT2D eigenvalue weighted by molar-refractivity contribution is 1.26. The van der Waals surface area contributed by atoms with Gasteiger partial charge in [-0.25, -0.2) is 0 Å². The average Bonchev–Trinajstić information content (AvgIpc) is 2.65. The van der Waals surface area contributed by atoms with Crippen molar-refractivity contribution in [3.63, 3.8) is 0 Å². The molecule has 0 amide bonds. The summed E-state index contributed by atoms with van der Waals surface area (Å²) in [5.74, 6) is 0. The van der Waals surface area contributed by atoms with Gasteiger partial charge in [-0.1, -0.05) is 18.2 Å². The van der Waals surface area contributed by atoms with Gasteiger partial charge in [0.15, 0.2) is 0 Å². The fourth-order valence-electron chi connectivity index (χ4n) is 1.88. The van der Waals surface area contributed by atoms with Gasteiger partial charge >= 0.3 is 0 Å². The summed E-state index contributed by atoms with van der Waals surface area (Å²) in [4.78, 5) is 8.51. The molecule has 0 fully saturated rings. The minimum absolute atomic E-state index is 0.750. The van der Waals surface area contributed by atoms with E-state index >= 15 is 0 Å². The molecule has 1 aromatic carbocycles. The number of hydrogen-bond acceptors (Lipinski definition) is 2. The van der Waals surface area contributed by atoms with E-state index in [9.17, 15) is 0 Å². The summed E-state index contributed by atoms with van der Waals surface area (Å²) in [5, 5.41) is 2.26. The number of aliphatic imine (C=N–C) groups is 1. The number of rotatable bonds is 0. The molecule has 3 rings (SSSR count). The lowest BCUT2D eigenvalue weighted by atomic mass is 10.0. The van der Waals surface area contributed by atoms with Crippen molar-refractivity contribution in [2.75, 3.05) is 6.54 Å². The van der Waals surface area contributed by atoms with Crippen LogP contribution in [-0.2, 0) is 0 Å². The summed E-state index contributed by atoms with van der Waals surface area (Å²) in [5.41, 5.74) is 2.46. The Morgan fingerprint density at radius 1 is 1.07 bits per heavy atom. The van der Waals surface area contributed by atoms with Crippen molar-refractivity contribution in [1.29, 1.82) is 0 Å². The SMILES string of the molecule is C1=Cc2c3/c(ccc2=N1)=C\C=NC/C=C\3. The van der Waals surface area contributed by atoms with Crippen molar-refractivity contribution in [2.45, 2.75) is 0 Å². The smallest absolute Gasteiger partial charge is 0.0708 e. The second-order valence-electron chi connectivity index (χ2n) is 3.53. The zero-order valence-electron chi connectivity index (χ0n) is 8.22. The van der Waals surface area contributed by atoms with E-state index in [1.54, 1.807) is 0 Å². The van der Waals surface area contributed by atoms with E-state index in [1.165, 1.54) is 16.3 Å². The molecular formula is C13H10N2. The molecule has 2 heteroatoms. The van der Waals surface area contributed by atoms with E-state index in [1.807, 2.05) is 24.6 Å². The highest BCUT2D eigenvalue weighted by Crippen LogP contribution is 2.08. The third kappa shape index (κ3) is 1.34. The van der Waals surface area contributed by atoms with E-state index in [0.29, 0.717) is 0 Å². The van der Waals surface area contributed by atoms with Crippen LogP contribution in [0.4, 0.5) is 0 Å². The first-order chi connectivity index (χ1) is 7.45. The van der Waals surface area contributed by atoms with Crippen LogP contribution in [0, 0.1) is 0 Å². The van der Waals surface area contributed by atoms with Crippen molar-refractivity contribution in [2.24, 2.45) is 9.98 Å². The van der Waals surface area contributed by atoms with Crippen LogP contribution in [0.2, 0.25) is 0 Å². The Hall–Kier alpha value is -1.96. The Morgan fingerprint density at radius 2 is 2.07 bits per heavy atom. The molecule has 0 bridgehead atoms. The molecule has 0 saturated carbocycles. The molecule has 0 saturated heterocycles. The summed E-state index contributed by atoms with van der Waals surface area (Å²) in [6.45, 7) is 0.750. The monoisotopic (exact) mass is 194 g/mol. The molecule has 0 atom stereocenters. The second-order valence-corrected chi connectivity index (χ2v) is 3.53. The number of nitrogens with zero attached hydrogens (tertiary/aromatic N) is 2. The van der Waals surface area contributed by atoms with Crippen LogP contribution in [0.5, 0.6) is 0 Å². The van der Waals surface area contributed by atoms with Gasteiger partial charge in [-0.05, 0) is 29.0 Å². The van der Waals surface area contributed by atoms with Gasteiger partial charge in [0.2, 0.25) is 0 Å². The lowest BCUT2D eigenvalue weighted by Gasteiger charge is -2.02. The Kier molecular flexibility index (Phi) is 1.85. The van der Waals surface area contributed by atoms with Gasteiger partial charge in [-0.3, -0.25) is 9.98 Å². The lowest BCUT2D eigenvalue weighted by Crippen LogP contribution is -2.16. The van der Waals surface area contributed by atoms with E-state index in [4.69, 9.17) is 0 Å². The number of hydrogen-bond donors (Lipinski definition) is 0. The van der Waals surface area contributed by atoms with E-state index in [0.717, 1.165) is 11.9 Å². The van der Waals surface area contributed by atoms with Gasteiger partial charge < -0.3 is 0 Å². The molecule has 0 aliphatic carbocycles. The predicted molar refractivity (Wildman–Crippen MR) is 63.1 cm³/mol. The van der Waals surface area contributed by atoms with E-state index in [2.05, 4.69) is 34.3 Å². The van der Waals surface area contributed by atoms with Gasteiger partial charge in [-0.2, -0.15) is 0 Å². The maximum Gasteiger partial charge on any atom is 0.0708 e. The van der Waals surface area contributed by atoms with Crippen molar-refractivity contribution in [3.05, 3.63) is 46.1 Å². The second kappa shape index (κ2) is 3.31. The summed E-state index contributed by atoms with van der Waals surface area (Å²) in [6.07, 6.45) is 12.0. The first kappa shape index (κ1) is 8.36. The van der Waals surface area contributed by atoms with Gasteiger partial charge in [0, 0.05) is 18.0 Å². The molecule has 0 N–H and O–H groups in total. The summed E-state index contributed by atoms with van der Waals surface area (Å²) >= 11 is 0. The largest absolute Gasteiger partial charge is 0.289 e.